The predicted molar refractivity (Wildman–Crippen MR) is 142 cm³/mol. The zero-order valence-electron chi connectivity index (χ0n) is 21.3. The van der Waals surface area contributed by atoms with Crippen LogP contribution in [0, 0.1) is 5.92 Å². The lowest BCUT2D eigenvalue weighted by atomic mass is 10.0. The fourth-order valence-electron chi connectivity index (χ4n) is 3.61. The quantitative estimate of drug-likeness (QED) is 0.191. The van der Waals surface area contributed by atoms with Crippen molar-refractivity contribution in [3.63, 3.8) is 0 Å². The Balaban J connectivity index is 2.13. The van der Waals surface area contributed by atoms with Crippen molar-refractivity contribution < 1.29 is 24.3 Å². The SMILES string of the molecule is CSCCC(NC(=O)C(NC(=O)C(Cc1cnc[nH]1)NC(=O)C(N)Cc1ccccc1)C(C)C)C(=O)O. The van der Waals surface area contributed by atoms with Gasteiger partial charge in [0.25, 0.3) is 0 Å². The zero-order chi connectivity index (χ0) is 27.4. The van der Waals surface area contributed by atoms with Crippen LogP contribution < -0.4 is 21.7 Å². The van der Waals surface area contributed by atoms with Gasteiger partial charge in [-0.25, -0.2) is 9.78 Å². The Kier molecular flexibility index (Phi) is 12.1. The summed E-state index contributed by atoms with van der Waals surface area (Å²) >= 11 is 1.47. The second kappa shape index (κ2) is 15.0. The number of carbonyl (C=O) groups is 4. The molecule has 202 valence electrons. The maximum absolute atomic E-state index is 13.3. The number of rotatable bonds is 15. The van der Waals surface area contributed by atoms with Crippen LogP contribution in [0.3, 0.4) is 0 Å². The second-order valence-corrected chi connectivity index (χ2v) is 10.0. The van der Waals surface area contributed by atoms with Gasteiger partial charge in [0.1, 0.15) is 18.1 Å². The molecule has 4 atom stereocenters. The summed E-state index contributed by atoms with van der Waals surface area (Å²) in [5.41, 5.74) is 7.59. The molecule has 0 saturated carbocycles. The fourth-order valence-corrected chi connectivity index (χ4v) is 4.08. The first-order valence-corrected chi connectivity index (χ1v) is 13.4. The van der Waals surface area contributed by atoms with E-state index in [1.807, 2.05) is 36.6 Å². The summed E-state index contributed by atoms with van der Waals surface area (Å²) in [6.07, 6.45) is 5.46. The summed E-state index contributed by atoms with van der Waals surface area (Å²) in [7, 11) is 0. The molecule has 11 nitrogen and oxygen atoms in total. The number of aromatic amines is 1. The summed E-state index contributed by atoms with van der Waals surface area (Å²) in [6.45, 7) is 3.47. The van der Waals surface area contributed by atoms with Gasteiger partial charge in [0.2, 0.25) is 17.7 Å². The first-order chi connectivity index (χ1) is 17.6. The molecule has 2 aromatic rings. The van der Waals surface area contributed by atoms with Crippen LogP contribution in [0.5, 0.6) is 0 Å². The first-order valence-electron chi connectivity index (χ1n) is 12.0. The van der Waals surface area contributed by atoms with E-state index in [1.54, 1.807) is 13.8 Å². The van der Waals surface area contributed by atoms with Crippen molar-refractivity contribution in [2.75, 3.05) is 12.0 Å². The van der Waals surface area contributed by atoms with E-state index < -0.39 is 47.9 Å². The number of H-pyrrole nitrogens is 1. The molecular formula is C25H36N6O5S. The van der Waals surface area contributed by atoms with Crippen LogP contribution in [0.15, 0.2) is 42.9 Å². The molecule has 0 aliphatic heterocycles. The van der Waals surface area contributed by atoms with E-state index in [1.165, 1.54) is 24.3 Å². The largest absolute Gasteiger partial charge is 0.480 e. The number of nitrogens with two attached hydrogens (primary N) is 1. The van der Waals surface area contributed by atoms with Crippen molar-refractivity contribution in [3.05, 3.63) is 54.1 Å². The van der Waals surface area contributed by atoms with Gasteiger partial charge in [-0.15, -0.1) is 0 Å². The number of amides is 3. The molecule has 37 heavy (non-hydrogen) atoms. The van der Waals surface area contributed by atoms with Gasteiger partial charge < -0.3 is 31.8 Å². The average molecular weight is 533 g/mol. The van der Waals surface area contributed by atoms with Crippen LogP contribution in [-0.4, -0.2) is 74.9 Å². The molecule has 0 aliphatic carbocycles. The summed E-state index contributed by atoms with van der Waals surface area (Å²) in [5, 5.41) is 17.4. The number of nitrogens with zero attached hydrogens (tertiary/aromatic N) is 1. The number of hydrogen-bond acceptors (Lipinski definition) is 7. The van der Waals surface area contributed by atoms with Gasteiger partial charge in [0, 0.05) is 18.3 Å². The monoisotopic (exact) mass is 532 g/mol. The standard InChI is InChI=1S/C25H36N6O5S/c1-15(2)21(24(34)29-19(25(35)36)9-10-37-3)31-23(33)20(12-17-13-27-14-28-17)30-22(32)18(26)11-16-7-5-4-6-8-16/h4-8,13-15,18-21H,9-12,26H2,1-3H3,(H,27,28)(H,29,34)(H,30,32)(H,31,33)(H,35,36). The molecule has 0 bridgehead atoms. The highest BCUT2D eigenvalue weighted by Gasteiger charge is 2.32. The van der Waals surface area contributed by atoms with Gasteiger partial charge in [-0.05, 0) is 36.3 Å². The molecule has 0 saturated heterocycles. The van der Waals surface area contributed by atoms with Gasteiger partial charge in [-0.1, -0.05) is 44.2 Å². The van der Waals surface area contributed by atoms with Crippen molar-refractivity contribution in [2.45, 2.75) is 57.3 Å². The summed E-state index contributed by atoms with van der Waals surface area (Å²) in [4.78, 5) is 57.6. The minimum atomic E-state index is -1.15. The van der Waals surface area contributed by atoms with Crippen LogP contribution in [0.2, 0.25) is 0 Å². The number of carboxylic acids is 1. The van der Waals surface area contributed by atoms with E-state index in [0.29, 0.717) is 11.4 Å². The molecule has 3 amide bonds. The van der Waals surface area contributed by atoms with Gasteiger partial charge in [0.05, 0.1) is 12.4 Å². The number of hydrogen-bond donors (Lipinski definition) is 6. The molecule has 0 spiro atoms. The van der Waals surface area contributed by atoms with Crippen molar-refractivity contribution in [2.24, 2.45) is 11.7 Å². The number of carbonyl (C=O) groups excluding carboxylic acids is 3. The minimum absolute atomic E-state index is 0.0908. The molecule has 4 unspecified atom stereocenters. The number of thioether (sulfide) groups is 1. The molecule has 12 heteroatoms. The number of aliphatic carboxylic acids is 1. The molecule has 7 N–H and O–H groups in total. The number of aromatic nitrogens is 2. The van der Waals surface area contributed by atoms with Crippen molar-refractivity contribution in [3.8, 4) is 0 Å². The third kappa shape index (κ3) is 9.89. The van der Waals surface area contributed by atoms with Crippen LogP contribution >= 0.6 is 11.8 Å². The van der Waals surface area contributed by atoms with Crippen molar-refractivity contribution in [1.82, 2.24) is 25.9 Å². The highest BCUT2D eigenvalue weighted by atomic mass is 32.2. The first kappa shape index (κ1) is 29.8. The van der Waals surface area contributed by atoms with E-state index >= 15 is 0 Å². The average Bonchev–Trinajstić information content (AvgIpc) is 3.37. The maximum Gasteiger partial charge on any atom is 0.326 e. The van der Waals surface area contributed by atoms with E-state index in [4.69, 9.17) is 5.73 Å². The Bertz CT molecular complexity index is 1020. The lowest BCUT2D eigenvalue weighted by Crippen LogP contribution is -2.59. The van der Waals surface area contributed by atoms with E-state index in [9.17, 15) is 24.3 Å². The Morgan fingerprint density at radius 3 is 2.24 bits per heavy atom. The number of imidazole rings is 1. The van der Waals surface area contributed by atoms with Crippen LogP contribution in [0.25, 0.3) is 0 Å². The van der Waals surface area contributed by atoms with E-state index in [2.05, 4.69) is 25.9 Å². The lowest BCUT2D eigenvalue weighted by Gasteiger charge is -2.27. The Labute approximate surface area is 220 Å². The second-order valence-electron chi connectivity index (χ2n) is 9.05. The summed E-state index contributed by atoms with van der Waals surface area (Å²) in [6, 6.07) is 5.25. The Morgan fingerprint density at radius 2 is 1.68 bits per heavy atom. The normalized spacial score (nSPS) is 14.3. The highest BCUT2D eigenvalue weighted by molar-refractivity contribution is 7.98. The molecule has 1 aromatic heterocycles. The van der Waals surface area contributed by atoms with Crippen LogP contribution in [0.1, 0.15) is 31.5 Å². The van der Waals surface area contributed by atoms with Crippen molar-refractivity contribution in [1.29, 1.82) is 0 Å². The fraction of sp³-hybridized carbons (Fsp3) is 0.480. The van der Waals surface area contributed by atoms with Crippen LogP contribution in [-0.2, 0) is 32.0 Å². The number of benzene rings is 1. The number of nitrogens with one attached hydrogen (secondary N) is 4. The van der Waals surface area contributed by atoms with Gasteiger partial charge >= 0.3 is 5.97 Å². The minimum Gasteiger partial charge on any atom is -0.480 e. The van der Waals surface area contributed by atoms with E-state index in [0.717, 1.165) is 5.56 Å². The van der Waals surface area contributed by atoms with Crippen molar-refractivity contribution >= 4 is 35.5 Å². The van der Waals surface area contributed by atoms with Gasteiger partial charge in [-0.3, -0.25) is 14.4 Å². The Hall–Kier alpha value is -3.38. The molecule has 1 aromatic carbocycles. The molecule has 0 aliphatic rings. The summed E-state index contributed by atoms with van der Waals surface area (Å²) in [5.74, 6) is -2.66. The molecule has 2 rings (SSSR count). The molecule has 1 heterocycles. The lowest BCUT2D eigenvalue weighted by molar-refractivity contribution is -0.142. The van der Waals surface area contributed by atoms with Gasteiger partial charge in [-0.2, -0.15) is 11.8 Å². The maximum atomic E-state index is 13.3. The zero-order valence-corrected chi connectivity index (χ0v) is 22.1. The molecular weight excluding hydrogens is 496 g/mol. The third-order valence-electron chi connectivity index (χ3n) is 5.72. The summed E-state index contributed by atoms with van der Waals surface area (Å²) < 4.78 is 0. The van der Waals surface area contributed by atoms with Crippen LogP contribution in [0.4, 0.5) is 0 Å². The topological polar surface area (TPSA) is 179 Å². The smallest absolute Gasteiger partial charge is 0.326 e. The highest BCUT2D eigenvalue weighted by Crippen LogP contribution is 2.08. The molecule has 0 fully saturated rings. The van der Waals surface area contributed by atoms with Gasteiger partial charge in [0.15, 0.2) is 0 Å². The Morgan fingerprint density at radius 1 is 1.00 bits per heavy atom. The molecule has 0 radical (unpaired) electrons. The predicted octanol–water partition coefficient (Wildman–Crippen LogP) is 0.470. The number of carboxylic acid groups (broad SMARTS) is 1. The van der Waals surface area contributed by atoms with E-state index in [-0.39, 0.29) is 25.2 Å². The third-order valence-corrected chi connectivity index (χ3v) is 6.36.